The van der Waals surface area contributed by atoms with Crippen LogP contribution in [-0.2, 0) is 4.79 Å². The van der Waals surface area contributed by atoms with E-state index in [1.54, 1.807) is 0 Å². The number of aliphatic hydroxyl groups excluding tert-OH is 1. The number of hydrogen-bond acceptors (Lipinski definition) is 3. The molecule has 22 heavy (non-hydrogen) atoms. The third-order valence-corrected chi connectivity index (χ3v) is 3.79. The molecule has 1 aromatic rings. The summed E-state index contributed by atoms with van der Waals surface area (Å²) in [6.45, 7) is 10.7. The highest BCUT2D eigenvalue weighted by molar-refractivity contribution is 5.91. The van der Waals surface area contributed by atoms with Crippen LogP contribution in [0.4, 0.5) is 5.69 Å². The zero-order chi connectivity index (χ0) is 16.7. The predicted molar refractivity (Wildman–Crippen MR) is 92.1 cm³/mol. The van der Waals surface area contributed by atoms with Gasteiger partial charge < -0.3 is 15.7 Å². The van der Waals surface area contributed by atoms with Crippen LogP contribution in [0.1, 0.15) is 52.5 Å². The number of aliphatic hydroxyl groups is 1. The molecule has 0 spiro atoms. The molecule has 0 bridgehead atoms. The average Bonchev–Trinajstić information content (AvgIpc) is 2.44. The number of carbonyl (C=O) groups is 1. The maximum absolute atomic E-state index is 12.2. The van der Waals surface area contributed by atoms with E-state index in [0.29, 0.717) is 18.9 Å². The first kappa shape index (κ1) is 18.7. The van der Waals surface area contributed by atoms with Gasteiger partial charge in [-0.25, -0.2) is 0 Å². The van der Waals surface area contributed by atoms with Crippen molar-refractivity contribution in [3.05, 3.63) is 29.8 Å². The Morgan fingerprint density at radius 2 is 1.77 bits per heavy atom. The van der Waals surface area contributed by atoms with Gasteiger partial charge in [0, 0.05) is 24.7 Å². The van der Waals surface area contributed by atoms with Crippen LogP contribution in [0.25, 0.3) is 0 Å². The van der Waals surface area contributed by atoms with Gasteiger partial charge in [0.05, 0.1) is 6.10 Å². The SMILES string of the molecule is CC(CC(=O)Nc1ccccc1C(C)C)NCC(O)C(C)C. The van der Waals surface area contributed by atoms with Gasteiger partial charge in [-0.1, -0.05) is 45.9 Å². The second-order valence-electron chi connectivity index (χ2n) is 6.61. The Bertz CT molecular complexity index is 472. The average molecular weight is 306 g/mol. The minimum atomic E-state index is -0.382. The van der Waals surface area contributed by atoms with Crippen molar-refractivity contribution in [1.29, 1.82) is 0 Å². The van der Waals surface area contributed by atoms with Crippen molar-refractivity contribution < 1.29 is 9.90 Å². The summed E-state index contributed by atoms with van der Waals surface area (Å²) in [6.07, 6.45) is 0.00391. The standard InChI is InChI=1S/C18H30N2O2/c1-12(2)15-8-6-7-9-16(15)20-18(22)10-14(5)19-11-17(21)13(3)4/h6-9,12-14,17,19,21H,10-11H2,1-5H3,(H,20,22). The molecule has 2 atom stereocenters. The van der Waals surface area contributed by atoms with E-state index in [1.165, 1.54) is 0 Å². The monoisotopic (exact) mass is 306 g/mol. The van der Waals surface area contributed by atoms with E-state index in [9.17, 15) is 9.90 Å². The molecule has 0 aliphatic carbocycles. The molecule has 1 amide bonds. The highest BCUT2D eigenvalue weighted by atomic mass is 16.3. The molecule has 0 saturated heterocycles. The normalized spacial score (nSPS) is 14.2. The minimum absolute atomic E-state index is 0.00728. The fraction of sp³-hybridized carbons (Fsp3) is 0.611. The van der Waals surface area contributed by atoms with Crippen LogP contribution >= 0.6 is 0 Å². The Hall–Kier alpha value is -1.39. The molecule has 0 aliphatic heterocycles. The molecule has 0 radical (unpaired) electrons. The number of rotatable bonds is 8. The molecule has 2 unspecified atom stereocenters. The zero-order valence-corrected chi connectivity index (χ0v) is 14.4. The lowest BCUT2D eigenvalue weighted by atomic mass is 10.0. The molecule has 0 aliphatic rings. The third-order valence-electron chi connectivity index (χ3n) is 3.79. The Kier molecular flexibility index (Phi) is 7.56. The molecular weight excluding hydrogens is 276 g/mol. The van der Waals surface area contributed by atoms with Gasteiger partial charge >= 0.3 is 0 Å². The first-order chi connectivity index (χ1) is 10.3. The molecule has 4 heteroatoms. The van der Waals surface area contributed by atoms with E-state index in [1.807, 2.05) is 45.0 Å². The van der Waals surface area contributed by atoms with Gasteiger partial charge in [0.15, 0.2) is 0 Å². The van der Waals surface area contributed by atoms with Crippen molar-refractivity contribution in [2.24, 2.45) is 5.92 Å². The number of nitrogens with one attached hydrogen (secondary N) is 2. The Morgan fingerprint density at radius 1 is 1.14 bits per heavy atom. The predicted octanol–water partition coefficient (Wildman–Crippen LogP) is 3.13. The lowest BCUT2D eigenvalue weighted by Gasteiger charge is -2.19. The number of para-hydroxylation sites is 1. The number of carbonyl (C=O) groups excluding carboxylic acids is 1. The van der Waals surface area contributed by atoms with Gasteiger partial charge in [-0.2, -0.15) is 0 Å². The number of anilines is 1. The van der Waals surface area contributed by atoms with E-state index in [-0.39, 0.29) is 24.0 Å². The van der Waals surface area contributed by atoms with Crippen LogP contribution in [0.15, 0.2) is 24.3 Å². The van der Waals surface area contributed by atoms with Crippen LogP contribution in [0.3, 0.4) is 0 Å². The summed E-state index contributed by atoms with van der Waals surface area (Å²) < 4.78 is 0. The van der Waals surface area contributed by atoms with Gasteiger partial charge in [-0.3, -0.25) is 4.79 Å². The summed E-state index contributed by atoms with van der Waals surface area (Å²) in [7, 11) is 0. The summed E-state index contributed by atoms with van der Waals surface area (Å²) in [5.41, 5.74) is 2.03. The fourth-order valence-electron chi connectivity index (χ4n) is 2.22. The summed E-state index contributed by atoms with van der Waals surface area (Å²) >= 11 is 0. The third kappa shape index (κ3) is 6.16. The molecule has 1 rings (SSSR count). The summed E-state index contributed by atoms with van der Waals surface area (Å²) in [6, 6.07) is 7.93. The lowest BCUT2D eigenvalue weighted by molar-refractivity contribution is -0.116. The van der Waals surface area contributed by atoms with Crippen LogP contribution in [0.2, 0.25) is 0 Å². The van der Waals surface area contributed by atoms with Gasteiger partial charge in [-0.15, -0.1) is 0 Å². The number of amides is 1. The molecule has 1 aromatic carbocycles. The van der Waals surface area contributed by atoms with Gasteiger partial charge in [0.1, 0.15) is 0 Å². The smallest absolute Gasteiger partial charge is 0.225 e. The van der Waals surface area contributed by atoms with Crippen molar-refractivity contribution >= 4 is 11.6 Å². The highest BCUT2D eigenvalue weighted by Gasteiger charge is 2.14. The molecule has 0 saturated carbocycles. The Balaban J connectivity index is 2.49. The number of hydrogen-bond donors (Lipinski definition) is 3. The van der Waals surface area contributed by atoms with Crippen molar-refractivity contribution in [3.63, 3.8) is 0 Å². The van der Waals surface area contributed by atoms with E-state index in [4.69, 9.17) is 0 Å². The highest BCUT2D eigenvalue weighted by Crippen LogP contribution is 2.23. The van der Waals surface area contributed by atoms with E-state index >= 15 is 0 Å². The van der Waals surface area contributed by atoms with E-state index < -0.39 is 0 Å². The van der Waals surface area contributed by atoms with Crippen molar-refractivity contribution in [3.8, 4) is 0 Å². The van der Waals surface area contributed by atoms with Gasteiger partial charge in [0.2, 0.25) is 5.91 Å². The summed E-state index contributed by atoms with van der Waals surface area (Å²) in [5, 5.41) is 16.0. The second kappa shape index (κ2) is 8.91. The topological polar surface area (TPSA) is 61.4 Å². The van der Waals surface area contributed by atoms with Crippen LogP contribution in [-0.4, -0.2) is 29.7 Å². The van der Waals surface area contributed by atoms with Crippen LogP contribution < -0.4 is 10.6 Å². The van der Waals surface area contributed by atoms with Crippen LogP contribution in [0.5, 0.6) is 0 Å². The summed E-state index contributed by atoms with van der Waals surface area (Å²) in [5.74, 6) is 0.576. The van der Waals surface area contributed by atoms with Crippen LogP contribution in [0, 0.1) is 5.92 Å². The van der Waals surface area contributed by atoms with Crippen molar-refractivity contribution in [1.82, 2.24) is 5.32 Å². The van der Waals surface area contributed by atoms with E-state index in [2.05, 4.69) is 24.5 Å². The maximum Gasteiger partial charge on any atom is 0.225 e. The quantitative estimate of drug-likeness (QED) is 0.691. The Morgan fingerprint density at radius 3 is 2.36 bits per heavy atom. The molecule has 124 valence electrons. The largest absolute Gasteiger partial charge is 0.392 e. The molecule has 0 fully saturated rings. The fourth-order valence-corrected chi connectivity index (χ4v) is 2.22. The molecule has 4 nitrogen and oxygen atoms in total. The van der Waals surface area contributed by atoms with E-state index in [0.717, 1.165) is 11.3 Å². The number of benzene rings is 1. The van der Waals surface area contributed by atoms with Crippen molar-refractivity contribution in [2.45, 2.75) is 59.1 Å². The zero-order valence-electron chi connectivity index (χ0n) is 14.4. The second-order valence-corrected chi connectivity index (χ2v) is 6.61. The molecule has 0 heterocycles. The Labute approximate surface area is 134 Å². The molecule has 0 aromatic heterocycles. The minimum Gasteiger partial charge on any atom is -0.392 e. The van der Waals surface area contributed by atoms with Gasteiger partial charge in [0.25, 0.3) is 0 Å². The molecular formula is C18H30N2O2. The lowest BCUT2D eigenvalue weighted by Crippen LogP contribution is -2.38. The summed E-state index contributed by atoms with van der Waals surface area (Å²) in [4.78, 5) is 12.2. The maximum atomic E-state index is 12.2. The first-order valence-corrected chi connectivity index (χ1v) is 8.11. The molecule has 3 N–H and O–H groups in total. The van der Waals surface area contributed by atoms with Crippen molar-refractivity contribution in [2.75, 3.05) is 11.9 Å². The first-order valence-electron chi connectivity index (χ1n) is 8.11. The van der Waals surface area contributed by atoms with Gasteiger partial charge in [-0.05, 0) is 30.4 Å².